The van der Waals surface area contributed by atoms with Gasteiger partial charge in [0.1, 0.15) is 0 Å². The van der Waals surface area contributed by atoms with Crippen LogP contribution in [0.25, 0.3) is 0 Å². The van der Waals surface area contributed by atoms with Crippen molar-refractivity contribution in [2.75, 3.05) is 13.7 Å². The van der Waals surface area contributed by atoms with Gasteiger partial charge < -0.3 is 14.8 Å². The van der Waals surface area contributed by atoms with E-state index in [0.717, 1.165) is 41.0 Å². The van der Waals surface area contributed by atoms with Crippen molar-refractivity contribution in [1.29, 1.82) is 0 Å². The summed E-state index contributed by atoms with van der Waals surface area (Å²) in [4.78, 5) is 0. The summed E-state index contributed by atoms with van der Waals surface area (Å²) in [5, 5.41) is 3.55. The highest BCUT2D eigenvalue weighted by Gasteiger charge is 2.15. The highest BCUT2D eigenvalue weighted by atomic mass is 79.9. The van der Waals surface area contributed by atoms with Gasteiger partial charge >= 0.3 is 0 Å². The van der Waals surface area contributed by atoms with Crippen LogP contribution in [0.2, 0.25) is 0 Å². The first-order valence-electron chi connectivity index (χ1n) is 8.52. The number of allylic oxidation sites excluding steroid dienone is 1. The van der Waals surface area contributed by atoms with Crippen LogP contribution in [0.5, 0.6) is 11.5 Å². The molecule has 1 aliphatic carbocycles. The van der Waals surface area contributed by atoms with Gasteiger partial charge in [-0.25, -0.2) is 0 Å². The summed E-state index contributed by atoms with van der Waals surface area (Å²) in [6.07, 6.45) is 8.89. The molecule has 4 heteroatoms. The summed E-state index contributed by atoms with van der Waals surface area (Å²) in [5.74, 6) is 1.62. The van der Waals surface area contributed by atoms with E-state index in [2.05, 4.69) is 27.3 Å². The van der Waals surface area contributed by atoms with Gasteiger partial charge in [0.2, 0.25) is 0 Å². The zero-order chi connectivity index (χ0) is 16.7. The highest BCUT2D eigenvalue weighted by Crippen LogP contribution is 2.37. The van der Waals surface area contributed by atoms with Crippen LogP contribution in [-0.4, -0.2) is 19.8 Å². The number of ether oxygens (including phenoxy) is 2. The SMILES string of the molecule is COc1ccc(Br)c(CNCCC2=CCCCC2)c1OC(C)C. The van der Waals surface area contributed by atoms with Crippen LogP contribution in [0.4, 0.5) is 0 Å². The van der Waals surface area contributed by atoms with Gasteiger partial charge in [0.15, 0.2) is 11.5 Å². The first-order valence-corrected chi connectivity index (χ1v) is 9.31. The monoisotopic (exact) mass is 381 g/mol. The molecule has 1 aromatic rings. The van der Waals surface area contributed by atoms with Crippen LogP contribution in [0.1, 0.15) is 51.5 Å². The van der Waals surface area contributed by atoms with Gasteiger partial charge in [-0.15, -0.1) is 0 Å². The van der Waals surface area contributed by atoms with E-state index in [9.17, 15) is 0 Å². The summed E-state index contributed by atoms with van der Waals surface area (Å²) in [5.41, 5.74) is 2.72. The van der Waals surface area contributed by atoms with Crippen LogP contribution in [0.15, 0.2) is 28.3 Å². The van der Waals surface area contributed by atoms with Gasteiger partial charge in [0.25, 0.3) is 0 Å². The quantitative estimate of drug-likeness (QED) is 0.494. The van der Waals surface area contributed by atoms with Crippen LogP contribution < -0.4 is 14.8 Å². The minimum Gasteiger partial charge on any atom is -0.493 e. The van der Waals surface area contributed by atoms with E-state index in [1.54, 1.807) is 12.7 Å². The number of rotatable bonds is 8. The lowest BCUT2D eigenvalue weighted by atomic mass is 9.97. The molecule has 1 N–H and O–H groups in total. The second-order valence-corrected chi connectivity index (χ2v) is 7.11. The molecule has 1 aromatic carbocycles. The average molecular weight is 382 g/mol. The number of hydrogen-bond donors (Lipinski definition) is 1. The molecular formula is C19H28BrNO2. The third-order valence-corrected chi connectivity index (χ3v) is 4.79. The number of benzene rings is 1. The smallest absolute Gasteiger partial charge is 0.167 e. The van der Waals surface area contributed by atoms with Gasteiger partial charge in [0.05, 0.1) is 13.2 Å². The molecule has 0 heterocycles. The van der Waals surface area contributed by atoms with E-state index < -0.39 is 0 Å². The Morgan fingerprint density at radius 3 is 2.74 bits per heavy atom. The fraction of sp³-hybridized carbons (Fsp3) is 0.579. The van der Waals surface area contributed by atoms with Gasteiger partial charge in [-0.3, -0.25) is 0 Å². The van der Waals surface area contributed by atoms with E-state index in [0.29, 0.717) is 0 Å². The Bertz CT molecular complexity index is 540. The number of halogens is 1. The van der Waals surface area contributed by atoms with Crippen molar-refractivity contribution in [3.8, 4) is 11.5 Å². The van der Waals surface area contributed by atoms with Gasteiger partial charge in [0, 0.05) is 16.6 Å². The molecule has 0 spiro atoms. The number of nitrogens with one attached hydrogen (secondary N) is 1. The Balaban J connectivity index is 1.98. The minimum absolute atomic E-state index is 0.115. The molecule has 128 valence electrons. The molecule has 23 heavy (non-hydrogen) atoms. The first kappa shape index (κ1) is 18.3. The molecule has 0 fully saturated rings. The molecule has 2 rings (SSSR count). The maximum Gasteiger partial charge on any atom is 0.167 e. The minimum atomic E-state index is 0.115. The van der Waals surface area contributed by atoms with Crippen molar-refractivity contribution in [3.05, 3.63) is 33.8 Å². The van der Waals surface area contributed by atoms with Crippen molar-refractivity contribution in [3.63, 3.8) is 0 Å². The Hall–Kier alpha value is -1.00. The maximum absolute atomic E-state index is 5.99. The molecule has 0 radical (unpaired) electrons. The normalized spacial score (nSPS) is 14.7. The maximum atomic E-state index is 5.99. The Morgan fingerprint density at radius 2 is 2.09 bits per heavy atom. The summed E-state index contributed by atoms with van der Waals surface area (Å²) in [6, 6.07) is 3.96. The van der Waals surface area contributed by atoms with Gasteiger partial charge in [-0.1, -0.05) is 27.6 Å². The second kappa shape index (κ2) is 9.33. The molecular weight excluding hydrogens is 354 g/mol. The number of hydrogen-bond acceptors (Lipinski definition) is 3. The van der Waals surface area contributed by atoms with E-state index >= 15 is 0 Å². The first-order chi connectivity index (χ1) is 11.1. The topological polar surface area (TPSA) is 30.5 Å². The summed E-state index contributed by atoms with van der Waals surface area (Å²) in [6.45, 7) is 5.84. The lowest BCUT2D eigenvalue weighted by Crippen LogP contribution is -2.18. The Labute approximate surface area is 148 Å². The Morgan fingerprint density at radius 1 is 1.26 bits per heavy atom. The second-order valence-electron chi connectivity index (χ2n) is 6.26. The van der Waals surface area contributed by atoms with E-state index in [1.165, 1.54) is 25.7 Å². The molecule has 0 bridgehead atoms. The zero-order valence-corrected chi connectivity index (χ0v) is 16.0. The highest BCUT2D eigenvalue weighted by molar-refractivity contribution is 9.10. The molecule has 1 aliphatic rings. The number of methoxy groups -OCH3 is 1. The summed E-state index contributed by atoms with van der Waals surface area (Å²) in [7, 11) is 1.68. The fourth-order valence-electron chi connectivity index (χ4n) is 2.87. The van der Waals surface area contributed by atoms with Crippen molar-refractivity contribution in [2.45, 2.75) is 58.6 Å². The molecule has 3 nitrogen and oxygen atoms in total. The van der Waals surface area contributed by atoms with Crippen LogP contribution in [0.3, 0.4) is 0 Å². The van der Waals surface area contributed by atoms with Crippen LogP contribution in [-0.2, 0) is 6.54 Å². The molecule has 0 aliphatic heterocycles. The van der Waals surface area contributed by atoms with Crippen molar-refractivity contribution in [1.82, 2.24) is 5.32 Å². The molecule has 0 amide bonds. The lowest BCUT2D eigenvalue weighted by molar-refractivity contribution is 0.227. The summed E-state index contributed by atoms with van der Waals surface area (Å²) < 4.78 is 12.5. The molecule has 0 saturated heterocycles. The van der Waals surface area contributed by atoms with Crippen molar-refractivity contribution < 1.29 is 9.47 Å². The standard InChI is InChI=1S/C19H28BrNO2/c1-14(2)23-19-16(17(20)9-10-18(19)22-3)13-21-12-11-15-7-5-4-6-8-15/h7,9-10,14,21H,4-6,8,11-13H2,1-3H3. The van der Waals surface area contributed by atoms with Crippen LogP contribution in [0, 0.1) is 0 Å². The van der Waals surface area contributed by atoms with E-state index in [1.807, 2.05) is 26.0 Å². The van der Waals surface area contributed by atoms with Crippen LogP contribution >= 0.6 is 15.9 Å². The predicted molar refractivity (Wildman–Crippen MR) is 99.3 cm³/mol. The predicted octanol–water partition coefficient (Wildman–Crippen LogP) is 5.23. The van der Waals surface area contributed by atoms with Gasteiger partial charge in [-0.05, 0) is 64.6 Å². The van der Waals surface area contributed by atoms with E-state index in [4.69, 9.17) is 9.47 Å². The molecule has 0 saturated carbocycles. The molecule has 0 aromatic heterocycles. The lowest BCUT2D eigenvalue weighted by Gasteiger charge is -2.19. The van der Waals surface area contributed by atoms with Gasteiger partial charge in [-0.2, -0.15) is 0 Å². The molecule has 0 atom stereocenters. The third-order valence-electron chi connectivity index (χ3n) is 4.05. The zero-order valence-electron chi connectivity index (χ0n) is 14.5. The molecule has 0 unspecified atom stereocenters. The van der Waals surface area contributed by atoms with Crippen molar-refractivity contribution in [2.24, 2.45) is 0 Å². The van der Waals surface area contributed by atoms with E-state index in [-0.39, 0.29) is 6.10 Å². The fourth-order valence-corrected chi connectivity index (χ4v) is 3.32. The average Bonchev–Trinajstić information content (AvgIpc) is 2.54. The third kappa shape index (κ3) is 5.54. The largest absolute Gasteiger partial charge is 0.493 e. The Kier molecular flexibility index (Phi) is 7.44. The summed E-state index contributed by atoms with van der Waals surface area (Å²) >= 11 is 3.64. The van der Waals surface area contributed by atoms with Crippen molar-refractivity contribution >= 4 is 15.9 Å².